The Kier molecular flexibility index (Phi) is 3.88. The molecule has 22 heavy (non-hydrogen) atoms. The summed E-state index contributed by atoms with van der Waals surface area (Å²) < 4.78 is 0. The smallest absolute Gasteiger partial charge is 0.211 e. The first-order valence-electron chi connectivity index (χ1n) is 6.49. The van der Waals surface area contributed by atoms with Crippen LogP contribution in [-0.2, 0) is 0 Å². The van der Waals surface area contributed by atoms with Crippen LogP contribution in [0.15, 0.2) is 52.7 Å². The molecule has 0 saturated heterocycles. The van der Waals surface area contributed by atoms with Gasteiger partial charge in [0.15, 0.2) is 0 Å². The molecule has 0 radical (unpaired) electrons. The molecule has 0 saturated carbocycles. The number of benzene rings is 3. The fraction of sp³-hybridized carbons (Fsp3) is 0. The SMILES string of the molecule is NC(N)=NN=Cc1c2ccccc2c(Cl)c2ccc(Cl)cc12. The second kappa shape index (κ2) is 5.83. The van der Waals surface area contributed by atoms with Crippen LogP contribution in [0, 0.1) is 0 Å². The number of nitrogens with two attached hydrogens (primary N) is 2. The van der Waals surface area contributed by atoms with E-state index in [9.17, 15) is 0 Å². The molecule has 0 unspecified atom stereocenters. The predicted octanol–water partition coefficient (Wildman–Crippen LogP) is 3.91. The molecule has 4 N–H and O–H groups in total. The van der Waals surface area contributed by atoms with Gasteiger partial charge in [-0.3, -0.25) is 0 Å². The van der Waals surface area contributed by atoms with Gasteiger partial charge < -0.3 is 11.5 Å². The lowest BCUT2D eigenvalue weighted by atomic mass is 9.97. The summed E-state index contributed by atoms with van der Waals surface area (Å²) in [4.78, 5) is 0. The first kappa shape index (κ1) is 14.6. The van der Waals surface area contributed by atoms with Crippen molar-refractivity contribution < 1.29 is 0 Å². The van der Waals surface area contributed by atoms with E-state index in [0.717, 1.165) is 27.1 Å². The van der Waals surface area contributed by atoms with Crippen molar-refractivity contribution in [2.24, 2.45) is 21.7 Å². The van der Waals surface area contributed by atoms with Crippen LogP contribution in [0.25, 0.3) is 21.5 Å². The van der Waals surface area contributed by atoms with E-state index < -0.39 is 0 Å². The van der Waals surface area contributed by atoms with Crippen LogP contribution in [0.1, 0.15) is 5.56 Å². The van der Waals surface area contributed by atoms with E-state index in [-0.39, 0.29) is 5.96 Å². The molecule has 3 aromatic rings. The maximum absolute atomic E-state index is 6.53. The third-order valence-corrected chi connectivity index (χ3v) is 3.96. The lowest BCUT2D eigenvalue weighted by Crippen LogP contribution is -2.21. The highest BCUT2D eigenvalue weighted by Gasteiger charge is 2.11. The van der Waals surface area contributed by atoms with Gasteiger partial charge in [-0.1, -0.05) is 53.5 Å². The van der Waals surface area contributed by atoms with Gasteiger partial charge in [-0.15, -0.1) is 5.10 Å². The molecule has 0 amide bonds. The van der Waals surface area contributed by atoms with Gasteiger partial charge in [-0.25, -0.2) is 0 Å². The Morgan fingerprint density at radius 1 is 0.909 bits per heavy atom. The van der Waals surface area contributed by atoms with E-state index in [1.54, 1.807) is 6.21 Å². The van der Waals surface area contributed by atoms with Gasteiger partial charge in [0.05, 0.1) is 11.2 Å². The number of nitrogens with zero attached hydrogens (tertiary/aromatic N) is 2. The van der Waals surface area contributed by atoms with Gasteiger partial charge in [0.1, 0.15) is 0 Å². The van der Waals surface area contributed by atoms with E-state index in [0.29, 0.717) is 10.0 Å². The highest BCUT2D eigenvalue weighted by Crippen LogP contribution is 2.36. The van der Waals surface area contributed by atoms with Crippen molar-refractivity contribution in [1.29, 1.82) is 0 Å². The summed E-state index contributed by atoms with van der Waals surface area (Å²) >= 11 is 12.7. The minimum Gasteiger partial charge on any atom is -0.369 e. The Hall–Kier alpha value is -2.30. The maximum Gasteiger partial charge on any atom is 0.211 e. The van der Waals surface area contributed by atoms with Crippen LogP contribution >= 0.6 is 23.2 Å². The Morgan fingerprint density at radius 2 is 1.59 bits per heavy atom. The van der Waals surface area contributed by atoms with Crippen molar-refractivity contribution >= 4 is 56.9 Å². The quantitative estimate of drug-likeness (QED) is 0.323. The van der Waals surface area contributed by atoms with Crippen molar-refractivity contribution in [3.8, 4) is 0 Å². The summed E-state index contributed by atoms with van der Waals surface area (Å²) in [5.41, 5.74) is 11.5. The Balaban J connectivity index is 2.43. The lowest BCUT2D eigenvalue weighted by molar-refractivity contribution is 1.22. The molecule has 0 heterocycles. The Labute approximate surface area is 137 Å². The van der Waals surface area contributed by atoms with Gasteiger partial charge in [0, 0.05) is 21.4 Å². The minimum atomic E-state index is -0.100. The van der Waals surface area contributed by atoms with Gasteiger partial charge >= 0.3 is 0 Å². The maximum atomic E-state index is 6.53. The predicted molar refractivity (Wildman–Crippen MR) is 94.9 cm³/mol. The number of hydrogen-bond acceptors (Lipinski definition) is 2. The van der Waals surface area contributed by atoms with Crippen LogP contribution in [0.2, 0.25) is 10.0 Å². The molecule has 0 atom stereocenters. The van der Waals surface area contributed by atoms with E-state index in [4.69, 9.17) is 34.7 Å². The summed E-state index contributed by atoms with van der Waals surface area (Å²) in [6, 6.07) is 13.4. The molecule has 6 heteroatoms. The van der Waals surface area contributed by atoms with Crippen LogP contribution in [-0.4, -0.2) is 12.2 Å². The van der Waals surface area contributed by atoms with E-state index in [1.165, 1.54) is 0 Å². The number of guanidine groups is 1. The highest BCUT2D eigenvalue weighted by molar-refractivity contribution is 6.42. The Bertz CT molecular complexity index is 928. The summed E-state index contributed by atoms with van der Waals surface area (Å²) in [6.07, 6.45) is 1.61. The van der Waals surface area contributed by atoms with Crippen LogP contribution in [0.5, 0.6) is 0 Å². The topological polar surface area (TPSA) is 76.8 Å². The average Bonchev–Trinajstić information content (AvgIpc) is 2.50. The van der Waals surface area contributed by atoms with Crippen LogP contribution in [0.4, 0.5) is 0 Å². The van der Waals surface area contributed by atoms with Gasteiger partial charge in [-0.2, -0.15) is 5.10 Å². The lowest BCUT2D eigenvalue weighted by Gasteiger charge is -2.10. The van der Waals surface area contributed by atoms with Gasteiger partial charge in [-0.05, 0) is 22.9 Å². The number of halogens is 2. The highest BCUT2D eigenvalue weighted by atomic mass is 35.5. The molecule has 0 aliphatic rings. The zero-order valence-corrected chi connectivity index (χ0v) is 12.9. The van der Waals surface area contributed by atoms with Crippen molar-refractivity contribution in [2.75, 3.05) is 0 Å². The van der Waals surface area contributed by atoms with Crippen LogP contribution < -0.4 is 11.5 Å². The summed E-state index contributed by atoms with van der Waals surface area (Å²) in [6.45, 7) is 0. The van der Waals surface area contributed by atoms with E-state index >= 15 is 0 Å². The number of rotatable bonds is 2. The molecular formula is C16H12Cl2N4. The van der Waals surface area contributed by atoms with E-state index in [2.05, 4.69) is 10.2 Å². The molecule has 3 rings (SSSR count). The minimum absolute atomic E-state index is 0.100. The standard InChI is InChI=1S/C16H12Cl2N4/c17-9-5-6-12-13(7-9)14(8-21-22-16(19)20)10-3-1-2-4-11(10)15(12)18/h1-8H,(H4,19,20,22). The molecule has 0 aliphatic heterocycles. The largest absolute Gasteiger partial charge is 0.369 e. The monoisotopic (exact) mass is 330 g/mol. The molecule has 0 aliphatic carbocycles. The van der Waals surface area contributed by atoms with E-state index in [1.807, 2.05) is 42.5 Å². The second-order valence-corrected chi connectivity index (χ2v) is 5.55. The molecular weight excluding hydrogens is 319 g/mol. The number of fused-ring (bicyclic) bond motifs is 2. The van der Waals surface area contributed by atoms with Gasteiger partial charge in [0.2, 0.25) is 5.96 Å². The molecule has 110 valence electrons. The molecule has 0 bridgehead atoms. The van der Waals surface area contributed by atoms with Crippen molar-refractivity contribution in [2.45, 2.75) is 0 Å². The third kappa shape index (κ3) is 2.58. The van der Waals surface area contributed by atoms with Crippen LogP contribution in [0.3, 0.4) is 0 Å². The fourth-order valence-electron chi connectivity index (χ4n) is 2.42. The summed E-state index contributed by atoms with van der Waals surface area (Å²) in [5.74, 6) is -0.100. The van der Waals surface area contributed by atoms with Gasteiger partial charge in [0.25, 0.3) is 0 Å². The summed E-state index contributed by atoms with van der Waals surface area (Å²) in [5, 5.41) is 12.6. The second-order valence-electron chi connectivity index (χ2n) is 4.73. The third-order valence-electron chi connectivity index (χ3n) is 3.32. The van der Waals surface area contributed by atoms with Crippen molar-refractivity contribution in [3.05, 3.63) is 58.1 Å². The molecule has 0 fully saturated rings. The molecule has 3 aromatic carbocycles. The first-order valence-corrected chi connectivity index (χ1v) is 7.25. The van der Waals surface area contributed by atoms with Crippen molar-refractivity contribution in [1.82, 2.24) is 0 Å². The van der Waals surface area contributed by atoms with Crippen molar-refractivity contribution in [3.63, 3.8) is 0 Å². The average molecular weight is 331 g/mol. The number of hydrogen-bond donors (Lipinski definition) is 2. The zero-order chi connectivity index (χ0) is 15.7. The first-order chi connectivity index (χ1) is 10.6. The summed E-state index contributed by atoms with van der Waals surface area (Å²) in [7, 11) is 0. The molecule has 0 aromatic heterocycles. The molecule has 4 nitrogen and oxygen atoms in total. The fourth-order valence-corrected chi connectivity index (χ4v) is 2.92. The normalized spacial score (nSPS) is 11.4. The zero-order valence-electron chi connectivity index (χ0n) is 11.4. The molecule has 0 spiro atoms. The Morgan fingerprint density at radius 3 is 2.32 bits per heavy atom.